The van der Waals surface area contributed by atoms with E-state index in [1.165, 1.54) is 23.1 Å². The van der Waals surface area contributed by atoms with Crippen molar-refractivity contribution in [3.63, 3.8) is 0 Å². The molecule has 0 aliphatic rings. The van der Waals surface area contributed by atoms with Gasteiger partial charge < -0.3 is 5.11 Å². The Bertz CT molecular complexity index is 365. The van der Waals surface area contributed by atoms with Gasteiger partial charge in [-0.1, -0.05) is 11.8 Å². The Morgan fingerprint density at radius 1 is 1.85 bits per heavy atom. The van der Waals surface area contributed by atoms with Crippen molar-refractivity contribution in [3.8, 4) is 12.3 Å². The lowest BCUT2D eigenvalue weighted by Crippen LogP contribution is -1.96. The molecule has 0 spiro atoms. The molecule has 0 saturated carbocycles. The predicted octanol–water partition coefficient (Wildman–Crippen LogP) is 1.61. The zero-order valence-corrected chi connectivity index (χ0v) is 8.54. The van der Waals surface area contributed by atoms with Crippen molar-refractivity contribution >= 4 is 29.1 Å². The van der Waals surface area contributed by atoms with E-state index in [9.17, 15) is 4.79 Å². The lowest BCUT2D eigenvalue weighted by Gasteiger charge is -1.88. The van der Waals surface area contributed by atoms with E-state index in [0.717, 1.165) is 4.88 Å². The van der Waals surface area contributed by atoms with Crippen LogP contribution >= 0.6 is 23.1 Å². The molecule has 0 fully saturated rings. The van der Waals surface area contributed by atoms with E-state index in [-0.39, 0.29) is 5.75 Å². The summed E-state index contributed by atoms with van der Waals surface area (Å²) < 4.78 is 0.716. The monoisotopic (exact) mass is 213 g/mol. The highest BCUT2D eigenvalue weighted by molar-refractivity contribution is 8.01. The number of aryl methyl sites for hydroxylation is 1. The normalized spacial score (nSPS) is 9.54. The lowest BCUT2D eigenvalue weighted by atomic mass is 10.4. The molecular weight excluding hydrogens is 206 g/mol. The Hall–Kier alpha value is -0.990. The van der Waals surface area contributed by atoms with Gasteiger partial charge >= 0.3 is 5.97 Å². The number of carboxylic acids is 1. The van der Waals surface area contributed by atoms with Crippen molar-refractivity contribution in [2.75, 3.05) is 5.75 Å². The molecule has 68 valence electrons. The molecule has 0 unspecified atom stereocenters. The first-order valence-electron chi connectivity index (χ1n) is 3.42. The molecule has 0 bridgehead atoms. The number of nitrogens with zero attached hydrogens (tertiary/aromatic N) is 1. The molecular formula is C8H7NO2S2. The predicted molar refractivity (Wildman–Crippen MR) is 53.1 cm³/mol. The highest BCUT2D eigenvalue weighted by Crippen LogP contribution is 2.26. The molecule has 1 N–H and O–H groups in total. The SMILES string of the molecule is C#Cc1nc(SCC(=O)O)sc1C. The second-order valence-corrected chi connectivity index (χ2v) is 4.64. The number of terminal acetylenes is 1. The average molecular weight is 213 g/mol. The second kappa shape index (κ2) is 4.30. The van der Waals surface area contributed by atoms with E-state index in [0.29, 0.717) is 10.0 Å². The first-order chi connectivity index (χ1) is 6.13. The number of carboxylic acid groups (broad SMARTS) is 1. The van der Waals surface area contributed by atoms with Crippen LogP contribution < -0.4 is 0 Å². The van der Waals surface area contributed by atoms with Gasteiger partial charge in [0.15, 0.2) is 4.34 Å². The molecule has 0 saturated heterocycles. The Labute approximate surface area is 84.2 Å². The Morgan fingerprint density at radius 2 is 2.54 bits per heavy atom. The van der Waals surface area contributed by atoms with Crippen molar-refractivity contribution in [2.45, 2.75) is 11.3 Å². The molecule has 3 nitrogen and oxygen atoms in total. The van der Waals surface area contributed by atoms with Gasteiger partial charge in [-0.05, 0) is 12.8 Å². The molecule has 5 heteroatoms. The van der Waals surface area contributed by atoms with E-state index in [4.69, 9.17) is 11.5 Å². The lowest BCUT2D eigenvalue weighted by molar-refractivity contribution is -0.133. The third-order valence-corrected chi connectivity index (χ3v) is 3.33. The standard InChI is InChI=1S/C8H7NO2S2/c1-3-6-5(2)13-8(9-6)12-4-7(10)11/h1H,4H2,2H3,(H,10,11). The first kappa shape index (κ1) is 10.1. The third-order valence-electron chi connectivity index (χ3n) is 1.23. The van der Waals surface area contributed by atoms with Crippen molar-refractivity contribution in [3.05, 3.63) is 10.6 Å². The van der Waals surface area contributed by atoms with E-state index in [2.05, 4.69) is 10.9 Å². The first-order valence-corrected chi connectivity index (χ1v) is 5.22. The molecule has 0 aromatic carbocycles. The van der Waals surface area contributed by atoms with Crippen LogP contribution in [0.1, 0.15) is 10.6 Å². The average Bonchev–Trinajstić information content (AvgIpc) is 2.43. The van der Waals surface area contributed by atoms with Crippen molar-refractivity contribution < 1.29 is 9.90 Å². The molecule has 1 aromatic heterocycles. The van der Waals surface area contributed by atoms with Crippen LogP contribution in [-0.4, -0.2) is 21.8 Å². The minimum Gasteiger partial charge on any atom is -0.481 e. The van der Waals surface area contributed by atoms with Crippen molar-refractivity contribution in [1.29, 1.82) is 0 Å². The van der Waals surface area contributed by atoms with Gasteiger partial charge in [-0.25, -0.2) is 4.98 Å². The molecule has 1 heterocycles. The fourth-order valence-electron chi connectivity index (χ4n) is 0.691. The number of aromatic nitrogens is 1. The molecule has 0 atom stereocenters. The molecule has 0 aliphatic carbocycles. The maximum atomic E-state index is 10.2. The number of carbonyl (C=O) groups is 1. The second-order valence-electron chi connectivity index (χ2n) is 2.21. The van der Waals surface area contributed by atoms with Crippen molar-refractivity contribution in [1.82, 2.24) is 4.98 Å². The summed E-state index contributed by atoms with van der Waals surface area (Å²) in [6.07, 6.45) is 5.19. The number of hydrogen-bond donors (Lipinski definition) is 1. The molecule has 0 radical (unpaired) electrons. The third kappa shape index (κ3) is 2.76. The van der Waals surface area contributed by atoms with Gasteiger partial charge in [-0.2, -0.15) is 0 Å². The maximum Gasteiger partial charge on any atom is 0.313 e. The Morgan fingerprint density at radius 3 is 3.00 bits per heavy atom. The zero-order valence-electron chi connectivity index (χ0n) is 6.90. The summed E-state index contributed by atoms with van der Waals surface area (Å²) in [5, 5.41) is 8.42. The van der Waals surface area contributed by atoms with E-state index < -0.39 is 5.97 Å². The van der Waals surface area contributed by atoms with Gasteiger partial charge in [-0.3, -0.25) is 4.79 Å². The fraction of sp³-hybridized carbons (Fsp3) is 0.250. The maximum absolute atomic E-state index is 10.2. The van der Waals surface area contributed by atoms with Gasteiger partial charge in [0.05, 0.1) is 5.75 Å². The summed E-state index contributed by atoms with van der Waals surface area (Å²) in [6.45, 7) is 1.87. The van der Waals surface area contributed by atoms with Gasteiger partial charge in [-0.15, -0.1) is 17.8 Å². The van der Waals surface area contributed by atoms with Crippen LogP contribution in [0.5, 0.6) is 0 Å². The summed E-state index contributed by atoms with van der Waals surface area (Å²) in [5.41, 5.74) is 0.609. The van der Waals surface area contributed by atoms with Gasteiger partial charge in [0.25, 0.3) is 0 Å². The summed E-state index contributed by atoms with van der Waals surface area (Å²) in [4.78, 5) is 15.3. The minimum absolute atomic E-state index is 0.0248. The van der Waals surface area contributed by atoms with E-state index in [1.807, 2.05) is 6.92 Å². The highest BCUT2D eigenvalue weighted by Gasteiger charge is 2.07. The Balaban J connectivity index is 2.69. The highest BCUT2D eigenvalue weighted by atomic mass is 32.2. The number of thiazole rings is 1. The van der Waals surface area contributed by atoms with Crippen LogP contribution in [0, 0.1) is 19.3 Å². The molecule has 0 aliphatic heterocycles. The smallest absolute Gasteiger partial charge is 0.313 e. The number of rotatable bonds is 3. The molecule has 0 amide bonds. The summed E-state index contributed by atoms with van der Waals surface area (Å²) in [7, 11) is 0. The van der Waals surface area contributed by atoms with Gasteiger partial charge in [0.1, 0.15) is 5.69 Å². The zero-order chi connectivity index (χ0) is 9.84. The molecule has 1 rings (SSSR count). The van der Waals surface area contributed by atoms with E-state index >= 15 is 0 Å². The number of thioether (sulfide) groups is 1. The summed E-state index contributed by atoms with van der Waals surface area (Å²) in [5.74, 6) is 1.62. The van der Waals surface area contributed by atoms with E-state index in [1.54, 1.807) is 0 Å². The topological polar surface area (TPSA) is 50.2 Å². The molecule has 13 heavy (non-hydrogen) atoms. The van der Waals surface area contributed by atoms with Crippen LogP contribution in [0.15, 0.2) is 4.34 Å². The van der Waals surface area contributed by atoms with Crippen LogP contribution in [0.2, 0.25) is 0 Å². The van der Waals surface area contributed by atoms with Crippen LogP contribution in [0.3, 0.4) is 0 Å². The fourth-order valence-corrected chi connectivity index (χ4v) is 2.48. The van der Waals surface area contributed by atoms with Crippen LogP contribution in [-0.2, 0) is 4.79 Å². The summed E-state index contributed by atoms with van der Waals surface area (Å²) >= 11 is 2.62. The quantitative estimate of drug-likeness (QED) is 0.612. The van der Waals surface area contributed by atoms with Gasteiger partial charge in [0, 0.05) is 4.88 Å². The van der Waals surface area contributed by atoms with Gasteiger partial charge in [0.2, 0.25) is 0 Å². The van der Waals surface area contributed by atoms with Crippen LogP contribution in [0.25, 0.3) is 0 Å². The largest absolute Gasteiger partial charge is 0.481 e. The summed E-state index contributed by atoms with van der Waals surface area (Å²) in [6, 6.07) is 0. The molecule has 1 aromatic rings. The Kier molecular flexibility index (Phi) is 3.34. The van der Waals surface area contributed by atoms with Crippen molar-refractivity contribution in [2.24, 2.45) is 0 Å². The number of hydrogen-bond acceptors (Lipinski definition) is 4. The number of aliphatic carboxylic acids is 1. The van der Waals surface area contributed by atoms with Crippen LogP contribution in [0.4, 0.5) is 0 Å². The minimum atomic E-state index is -0.847.